The summed E-state index contributed by atoms with van der Waals surface area (Å²) < 4.78 is 16.0. The second-order valence-corrected chi connectivity index (χ2v) is 53.7. The molecular formula is C36H126I6O2S2-4. The van der Waals surface area contributed by atoms with Crippen molar-refractivity contribution in [2.75, 3.05) is 22.1 Å². The van der Waals surface area contributed by atoms with Gasteiger partial charge < -0.3 is 0 Å². The molecule has 2 atom stereocenters. The van der Waals surface area contributed by atoms with Crippen molar-refractivity contribution >= 4 is 49.3 Å². The van der Waals surface area contributed by atoms with Gasteiger partial charge in [0.1, 0.15) is 0 Å². The van der Waals surface area contributed by atoms with E-state index in [0.29, 0.717) is 76.9 Å². The Balaban J connectivity index is -0.00000000476. The molecule has 0 amide bonds. The first-order valence-corrected chi connectivity index (χ1v) is 35.7. The standard InChI is InChI=1S/2C6H15I3OS.24CH4/c2*1-4-7-6(3)8-9(11)10-5-2;;;;;;;;;;;;;;;;;;;;;;;;/h2*6,11H,4-5H2,1-3H3;24*1H4/q2*-2;;;;;;;;;;;;;;;;;;;;;;;;. The molecule has 0 aliphatic rings. The minimum atomic E-state index is -1.12. The number of alkyl halides is 6. The van der Waals surface area contributed by atoms with Gasteiger partial charge in [0.2, 0.25) is 0 Å². The molecule has 0 radical (unpaired) electrons. The quantitative estimate of drug-likeness (QED) is 0.116. The summed E-state index contributed by atoms with van der Waals surface area (Å²) in [6, 6.07) is 0. The second kappa shape index (κ2) is 165. The van der Waals surface area contributed by atoms with Gasteiger partial charge >= 0.3 is 200 Å². The third-order valence-corrected chi connectivity index (χ3v) is 55.8. The molecule has 0 spiro atoms. The molecule has 0 saturated heterocycles. The van der Waals surface area contributed by atoms with Crippen LogP contribution >= 0.6 is 49.3 Å². The van der Waals surface area contributed by atoms with E-state index in [2.05, 4.69) is 61.1 Å². The summed E-state index contributed by atoms with van der Waals surface area (Å²) in [5.74, 6) is 0. The van der Waals surface area contributed by atoms with Crippen molar-refractivity contribution in [3.05, 3.63) is 0 Å². The van der Waals surface area contributed by atoms with Crippen LogP contribution in [0.3, 0.4) is 0 Å². The molecule has 46 heavy (non-hydrogen) atoms. The van der Waals surface area contributed by atoms with Crippen LogP contribution in [0, 0.1) is 0 Å². The van der Waals surface area contributed by atoms with Gasteiger partial charge in [-0.15, -0.1) is 0 Å². The monoisotopic (exact) mass is 1420 g/mol. The van der Waals surface area contributed by atoms with Crippen molar-refractivity contribution in [2.45, 2.75) is 224 Å². The van der Waals surface area contributed by atoms with Gasteiger partial charge in [0, 0.05) is 0 Å². The number of hydrogen-bond donors (Lipinski definition) is 2. The van der Waals surface area contributed by atoms with Crippen molar-refractivity contribution in [2.24, 2.45) is 0 Å². The molecule has 10 heteroatoms. The van der Waals surface area contributed by atoms with Crippen LogP contribution in [0.15, 0.2) is 0 Å². The van der Waals surface area contributed by atoms with E-state index in [4.69, 9.17) is 6.13 Å². The maximum atomic E-state index is 5.55. The zero-order chi connectivity index (χ0) is 17.4. The minimum absolute atomic E-state index is 0. The molecule has 0 aliphatic carbocycles. The average Bonchev–Trinajstić information content (AvgIpc) is 2.40. The van der Waals surface area contributed by atoms with E-state index >= 15 is 0 Å². The molecule has 2 unspecified atom stereocenters. The molecule has 0 aromatic rings. The molecule has 0 aromatic carbocycles. The average molecular weight is 1420 g/mol. The van der Waals surface area contributed by atoms with Crippen LogP contribution in [-0.2, 0) is 6.13 Å². The summed E-state index contributed by atoms with van der Waals surface area (Å²) in [4.78, 5) is 0. The zero-order valence-corrected chi connectivity index (χ0v) is 28.7. The van der Waals surface area contributed by atoms with Crippen molar-refractivity contribution in [1.82, 2.24) is 0 Å². The maximum absolute atomic E-state index is 5.55. The van der Waals surface area contributed by atoms with Gasteiger partial charge in [-0.25, -0.2) is 0 Å². The van der Waals surface area contributed by atoms with Crippen LogP contribution in [0.1, 0.15) is 220 Å². The van der Waals surface area contributed by atoms with Gasteiger partial charge in [-0.05, 0) is 0 Å². The predicted octanol–water partition coefficient (Wildman–Crippen LogP) is 8.76. The number of thiol groups is 2. The molecule has 0 aromatic heterocycles. The van der Waals surface area contributed by atoms with Gasteiger partial charge in [0.25, 0.3) is 0 Å². The Hall–Kier alpha value is 5.00. The zero-order valence-electron chi connectivity index (χ0n) is 14.0. The topological polar surface area (TPSA) is 18.5 Å². The molecule has 0 N–H and O–H groups in total. The fourth-order valence-corrected chi connectivity index (χ4v) is 74.4. The molecule has 0 fully saturated rings. The number of hydrogen-bond acceptors (Lipinski definition) is 4. The Labute approximate surface area is 372 Å². The number of rotatable bonds is 12. The van der Waals surface area contributed by atoms with E-state index in [0.717, 1.165) is 17.1 Å². The van der Waals surface area contributed by atoms with E-state index < -0.39 is 29.7 Å². The SMILES string of the molecule is C.C.C.C.C.C.C.C.C.C.C.C.C.C.C.C.C.C.C.C.C.C.C.C.CCOI(S)[I-]C(C)[I-]CC.CCOI(S)[I-]C(C)[I-]CC. The van der Waals surface area contributed by atoms with Crippen LogP contribution in [0.4, 0.5) is 0 Å². The van der Waals surface area contributed by atoms with Gasteiger partial charge in [0.05, 0.1) is 0 Å². The van der Waals surface area contributed by atoms with Crippen LogP contribution in [0.25, 0.3) is 0 Å². The summed E-state index contributed by atoms with van der Waals surface area (Å²) in [5, 5.41) is 0. The fraction of sp³-hybridized carbons (Fsp3) is 1.00. The molecule has 0 rings (SSSR count). The Bertz CT molecular complexity index is 203. The van der Waals surface area contributed by atoms with Crippen molar-refractivity contribution < 1.29 is 83.0 Å². The van der Waals surface area contributed by atoms with Crippen LogP contribution in [-0.4, -0.2) is 25.9 Å². The third kappa shape index (κ3) is 181. The van der Waals surface area contributed by atoms with Gasteiger partial charge in [-0.3, -0.25) is 0 Å². The first kappa shape index (κ1) is 204. The number of halogens is 6. The Morgan fingerprint density at radius 2 is 0.543 bits per heavy atom. The van der Waals surface area contributed by atoms with Gasteiger partial charge in [-0.2, -0.15) is 0 Å². The summed E-state index contributed by atoms with van der Waals surface area (Å²) in [6.45, 7) is 15.3. The van der Waals surface area contributed by atoms with Crippen molar-refractivity contribution in [3.8, 4) is 0 Å². The summed E-state index contributed by atoms with van der Waals surface area (Å²) in [5.41, 5.74) is 0. The molecule has 0 aliphatic heterocycles. The molecule has 0 bridgehead atoms. The van der Waals surface area contributed by atoms with Crippen molar-refractivity contribution in [3.63, 3.8) is 0 Å². The van der Waals surface area contributed by atoms with E-state index in [1.807, 2.05) is 0 Å². The fourth-order valence-electron chi connectivity index (χ4n) is 0.891. The van der Waals surface area contributed by atoms with E-state index in [-0.39, 0.29) is 178 Å². The first-order valence-electron chi connectivity index (χ1n) is 6.90. The molecule has 0 saturated carbocycles. The second-order valence-electron chi connectivity index (χ2n) is 3.22. The van der Waals surface area contributed by atoms with Crippen LogP contribution in [0.5, 0.6) is 0 Å². The van der Waals surface area contributed by atoms with Crippen LogP contribution < -0.4 is 76.9 Å². The van der Waals surface area contributed by atoms with Gasteiger partial charge in [0.15, 0.2) is 0 Å². The van der Waals surface area contributed by atoms with Crippen molar-refractivity contribution in [1.29, 1.82) is 0 Å². The first-order chi connectivity index (χ1) is 10.4. The van der Waals surface area contributed by atoms with E-state index in [9.17, 15) is 0 Å². The summed E-state index contributed by atoms with van der Waals surface area (Å²) in [6.07, 6.45) is 0. The molecule has 2 nitrogen and oxygen atoms in total. The van der Waals surface area contributed by atoms with E-state index in [1.54, 1.807) is 0 Å². The Morgan fingerprint density at radius 1 is 0.391 bits per heavy atom. The summed E-state index contributed by atoms with van der Waals surface area (Å²) in [7, 11) is 9.09. The summed E-state index contributed by atoms with van der Waals surface area (Å²) >= 11 is -0.609. The van der Waals surface area contributed by atoms with Crippen LogP contribution in [0.2, 0.25) is 0 Å². The van der Waals surface area contributed by atoms with Gasteiger partial charge in [-0.1, -0.05) is 178 Å². The normalized spacial score (nSPS) is 7.39. The molecule has 340 valence electrons. The third-order valence-electron chi connectivity index (χ3n) is 1.50. The van der Waals surface area contributed by atoms with E-state index in [1.165, 1.54) is 8.86 Å². The molecular weight excluding hydrogens is 1290 g/mol. The predicted molar refractivity (Wildman–Crippen MR) is 271 cm³/mol. The molecule has 0 heterocycles. The Morgan fingerprint density at radius 3 is 0.652 bits per heavy atom. The Kier molecular flexibility index (Phi) is 730.